The van der Waals surface area contributed by atoms with Crippen molar-refractivity contribution in [2.45, 2.75) is 26.4 Å². The van der Waals surface area contributed by atoms with Gasteiger partial charge in [-0.05, 0) is 38.5 Å². The molecule has 0 N–H and O–H groups in total. The molecule has 4 heteroatoms. The Morgan fingerprint density at radius 2 is 2.11 bits per heavy atom. The van der Waals surface area contributed by atoms with Gasteiger partial charge in [0.25, 0.3) is 0 Å². The van der Waals surface area contributed by atoms with Crippen LogP contribution in [0.5, 0.6) is 0 Å². The van der Waals surface area contributed by atoms with E-state index >= 15 is 0 Å². The Hall–Kier alpha value is -0.830. The van der Waals surface area contributed by atoms with Gasteiger partial charge in [0.2, 0.25) is 0 Å². The lowest BCUT2D eigenvalue weighted by molar-refractivity contribution is 0.0487. The lowest BCUT2D eigenvalue weighted by Crippen LogP contribution is -2.21. The smallest absolute Gasteiger partial charge is 0.192 e. The van der Waals surface area contributed by atoms with Crippen molar-refractivity contribution in [3.8, 4) is 0 Å². The zero-order valence-electron chi connectivity index (χ0n) is 10.5. The minimum Gasteiger partial charge on any atom is -0.370 e. The molecule has 0 aliphatic rings. The molecule has 1 rings (SSSR count). The van der Waals surface area contributed by atoms with E-state index in [-0.39, 0.29) is 5.78 Å². The van der Waals surface area contributed by atoms with Crippen molar-refractivity contribution < 1.29 is 9.53 Å². The van der Waals surface area contributed by atoms with Crippen molar-refractivity contribution in [2.24, 2.45) is 0 Å². The average molecular weight is 287 g/mol. The quantitative estimate of drug-likeness (QED) is 0.567. The topological polar surface area (TPSA) is 26.3 Å². The number of carbonyl (C=O) groups excluding carboxylic acids is 1. The first-order valence-corrected chi connectivity index (χ1v) is 6.42. The summed E-state index contributed by atoms with van der Waals surface area (Å²) in [5.41, 5.74) is 1.46. The first-order chi connectivity index (χ1) is 8.41. The molecule has 0 radical (unpaired) electrons. The molecule has 0 heterocycles. The average Bonchev–Trinajstić information content (AvgIpc) is 2.27. The van der Waals surface area contributed by atoms with Gasteiger partial charge >= 0.3 is 0 Å². The Morgan fingerprint density at radius 3 is 2.67 bits per heavy atom. The fourth-order valence-electron chi connectivity index (χ4n) is 1.39. The maximum Gasteiger partial charge on any atom is 0.192 e. The van der Waals surface area contributed by atoms with Gasteiger partial charge in [0.05, 0.1) is 11.6 Å². The van der Waals surface area contributed by atoms with Crippen LogP contribution in [-0.2, 0) is 4.74 Å². The highest BCUT2D eigenvalue weighted by Crippen LogP contribution is 2.22. The highest BCUT2D eigenvalue weighted by molar-refractivity contribution is 6.37. The molecule has 0 aliphatic carbocycles. The number of rotatable bonds is 6. The molecule has 0 aromatic heterocycles. The Kier molecular flexibility index (Phi) is 5.86. The van der Waals surface area contributed by atoms with Gasteiger partial charge in [0.1, 0.15) is 6.10 Å². The summed E-state index contributed by atoms with van der Waals surface area (Å²) in [5, 5.41) is 0.857. The lowest BCUT2D eigenvalue weighted by Gasteiger charge is -2.13. The molecule has 0 spiro atoms. The first-order valence-electron chi connectivity index (χ1n) is 5.67. The number of carbonyl (C=O) groups is 1. The summed E-state index contributed by atoms with van der Waals surface area (Å²) >= 11 is 11.8. The number of benzene rings is 1. The summed E-state index contributed by atoms with van der Waals surface area (Å²) in [6, 6.07) is 4.81. The molecule has 1 atom stereocenters. The second-order valence-corrected chi connectivity index (χ2v) is 5.05. The van der Waals surface area contributed by atoms with Crippen LogP contribution in [0.15, 0.2) is 30.4 Å². The van der Waals surface area contributed by atoms with Gasteiger partial charge in [-0.2, -0.15) is 0 Å². The standard InChI is InChI=1S/C14H16Cl2O2/c1-9(2)6-7-18-10(3)14(17)12-5-4-11(15)8-13(12)16/h4-5,8,10H,1,6-7H2,2-3H3. The van der Waals surface area contributed by atoms with Crippen molar-refractivity contribution in [2.75, 3.05) is 6.61 Å². The molecule has 1 aromatic carbocycles. The third-order valence-corrected chi connectivity index (χ3v) is 3.01. The zero-order chi connectivity index (χ0) is 13.7. The predicted octanol–water partition coefficient (Wildman–Crippen LogP) is 4.55. The monoisotopic (exact) mass is 286 g/mol. The van der Waals surface area contributed by atoms with E-state index in [1.165, 1.54) is 0 Å². The van der Waals surface area contributed by atoms with Crippen molar-refractivity contribution in [3.63, 3.8) is 0 Å². The van der Waals surface area contributed by atoms with Crippen molar-refractivity contribution in [3.05, 3.63) is 46.0 Å². The second kappa shape index (κ2) is 6.93. The van der Waals surface area contributed by atoms with E-state index in [2.05, 4.69) is 6.58 Å². The Labute approximate surface area is 118 Å². The van der Waals surface area contributed by atoms with E-state index in [0.717, 1.165) is 12.0 Å². The van der Waals surface area contributed by atoms with Gasteiger partial charge in [-0.1, -0.05) is 28.8 Å². The van der Waals surface area contributed by atoms with Gasteiger partial charge in [-0.15, -0.1) is 6.58 Å². The number of hydrogen-bond donors (Lipinski definition) is 0. The Balaban J connectivity index is 2.65. The third kappa shape index (κ3) is 4.45. The van der Waals surface area contributed by atoms with E-state index in [1.54, 1.807) is 25.1 Å². The van der Waals surface area contributed by atoms with Crippen LogP contribution in [0, 0.1) is 0 Å². The molecule has 98 valence electrons. The van der Waals surface area contributed by atoms with Crippen LogP contribution >= 0.6 is 23.2 Å². The highest BCUT2D eigenvalue weighted by Gasteiger charge is 2.18. The molecule has 0 bridgehead atoms. The van der Waals surface area contributed by atoms with Crippen LogP contribution < -0.4 is 0 Å². The Bertz CT molecular complexity index is 455. The molecular formula is C14H16Cl2O2. The number of hydrogen-bond acceptors (Lipinski definition) is 2. The number of halogens is 2. The van der Waals surface area contributed by atoms with Crippen LogP contribution in [0.2, 0.25) is 10.0 Å². The molecule has 0 saturated carbocycles. The summed E-state index contributed by atoms with van der Waals surface area (Å²) in [4.78, 5) is 12.1. The van der Waals surface area contributed by atoms with Crippen LogP contribution in [0.4, 0.5) is 0 Å². The number of ketones is 1. The molecule has 2 nitrogen and oxygen atoms in total. The normalized spacial score (nSPS) is 12.2. The predicted molar refractivity (Wildman–Crippen MR) is 75.6 cm³/mol. The van der Waals surface area contributed by atoms with E-state index in [4.69, 9.17) is 27.9 Å². The first kappa shape index (κ1) is 15.2. The molecule has 0 fully saturated rings. The van der Waals surface area contributed by atoms with E-state index in [0.29, 0.717) is 22.2 Å². The van der Waals surface area contributed by atoms with Gasteiger partial charge in [-0.25, -0.2) is 0 Å². The molecule has 18 heavy (non-hydrogen) atoms. The van der Waals surface area contributed by atoms with Crippen LogP contribution in [0.3, 0.4) is 0 Å². The molecule has 0 aliphatic heterocycles. The third-order valence-electron chi connectivity index (χ3n) is 2.46. The van der Waals surface area contributed by atoms with E-state index in [1.807, 2.05) is 6.92 Å². The summed E-state index contributed by atoms with van der Waals surface area (Å²) < 4.78 is 5.45. The maximum atomic E-state index is 12.1. The molecule has 1 unspecified atom stereocenters. The number of Topliss-reactive ketones (excluding diaryl/α,β-unsaturated/α-hetero) is 1. The fraction of sp³-hybridized carbons (Fsp3) is 0.357. The number of ether oxygens (including phenoxy) is 1. The zero-order valence-corrected chi connectivity index (χ0v) is 12.0. The molecular weight excluding hydrogens is 271 g/mol. The van der Waals surface area contributed by atoms with Crippen LogP contribution in [0.1, 0.15) is 30.6 Å². The minimum atomic E-state index is -0.525. The molecule has 1 aromatic rings. The largest absolute Gasteiger partial charge is 0.370 e. The van der Waals surface area contributed by atoms with E-state index in [9.17, 15) is 4.79 Å². The SMILES string of the molecule is C=C(C)CCOC(C)C(=O)c1ccc(Cl)cc1Cl. The molecule has 0 amide bonds. The van der Waals surface area contributed by atoms with Crippen molar-refractivity contribution >= 4 is 29.0 Å². The fourth-order valence-corrected chi connectivity index (χ4v) is 1.90. The van der Waals surface area contributed by atoms with Gasteiger partial charge in [-0.3, -0.25) is 4.79 Å². The van der Waals surface area contributed by atoms with Crippen LogP contribution in [-0.4, -0.2) is 18.5 Å². The van der Waals surface area contributed by atoms with Crippen molar-refractivity contribution in [1.29, 1.82) is 0 Å². The minimum absolute atomic E-state index is 0.140. The lowest BCUT2D eigenvalue weighted by atomic mass is 10.1. The molecule has 0 saturated heterocycles. The van der Waals surface area contributed by atoms with Crippen LogP contribution in [0.25, 0.3) is 0 Å². The summed E-state index contributed by atoms with van der Waals surface area (Å²) in [7, 11) is 0. The van der Waals surface area contributed by atoms with Gasteiger partial charge in [0.15, 0.2) is 5.78 Å². The highest BCUT2D eigenvalue weighted by atomic mass is 35.5. The summed E-state index contributed by atoms with van der Waals surface area (Å²) in [6.07, 6.45) is 0.217. The van der Waals surface area contributed by atoms with Gasteiger partial charge in [0, 0.05) is 10.6 Å². The summed E-state index contributed by atoms with van der Waals surface area (Å²) in [6.45, 7) is 7.89. The maximum absolute atomic E-state index is 12.1. The van der Waals surface area contributed by atoms with Crippen molar-refractivity contribution in [1.82, 2.24) is 0 Å². The second-order valence-electron chi connectivity index (χ2n) is 4.21. The Morgan fingerprint density at radius 1 is 1.44 bits per heavy atom. The summed E-state index contributed by atoms with van der Waals surface area (Å²) in [5.74, 6) is -0.140. The van der Waals surface area contributed by atoms with Gasteiger partial charge < -0.3 is 4.74 Å². The van der Waals surface area contributed by atoms with E-state index < -0.39 is 6.10 Å².